The second-order valence-electron chi connectivity index (χ2n) is 4.43. The second-order valence-corrected chi connectivity index (χ2v) is 4.43. The fraction of sp³-hybridized carbons (Fsp3) is 0.417. The van der Waals surface area contributed by atoms with Gasteiger partial charge in [0.25, 0.3) is 0 Å². The molecule has 0 spiro atoms. The number of hydrogen-bond donors (Lipinski definition) is 0. The molecule has 0 N–H and O–H groups in total. The number of anilines is 1. The summed E-state index contributed by atoms with van der Waals surface area (Å²) < 4.78 is 0. The maximum absolute atomic E-state index is 11.1. The summed E-state index contributed by atoms with van der Waals surface area (Å²) in [4.78, 5) is 13.1. The third-order valence-electron chi connectivity index (χ3n) is 3.26. The number of hydrogen-bond acceptors (Lipinski definition) is 2. The summed E-state index contributed by atoms with van der Waals surface area (Å²) in [5.41, 5.74) is 2.36. The first kappa shape index (κ1) is 9.25. The largest absolute Gasteiger partial charge is 0.364 e. The Labute approximate surface area is 84.5 Å². The predicted octanol–water partition coefficient (Wildman–Crippen LogP) is 1.98. The van der Waals surface area contributed by atoms with Gasteiger partial charge in [-0.05, 0) is 11.6 Å². The van der Waals surface area contributed by atoms with Crippen LogP contribution in [-0.4, -0.2) is 19.4 Å². The van der Waals surface area contributed by atoms with E-state index in [1.54, 1.807) is 0 Å². The van der Waals surface area contributed by atoms with Gasteiger partial charge in [-0.3, -0.25) is 0 Å². The Bertz CT molecular complexity index is 370. The third kappa shape index (κ3) is 0.999. The number of aldehydes is 1. The van der Waals surface area contributed by atoms with Crippen LogP contribution in [0, 0.1) is 0 Å². The fourth-order valence-corrected chi connectivity index (χ4v) is 2.38. The standard InChI is InChI=1S/C12H15NO/c1-12(2)9-6-4-5-7-10(9)13(3)11(12)8-14/h4-8,11H,1-3H3. The van der Waals surface area contributed by atoms with Crippen LogP contribution in [0.5, 0.6) is 0 Å². The number of benzene rings is 1. The molecule has 1 aliphatic rings. The Morgan fingerprint density at radius 2 is 2.00 bits per heavy atom. The van der Waals surface area contributed by atoms with Crippen molar-refractivity contribution < 1.29 is 4.79 Å². The monoisotopic (exact) mass is 189 g/mol. The highest BCUT2D eigenvalue weighted by atomic mass is 16.1. The van der Waals surface area contributed by atoms with Gasteiger partial charge in [-0.25, -0.2) is 0 Å². The van der Waals surface area contributed by atoms with Gasteiger partial charge in [-0.1, -0.05) is 32.0 Å². The first-order valence-corrected chi connectivity index (χ1v) is 4.86. The molecule has 1 unspecified atom stereocenters. The number of carbonyl (C=O) groups is 1. The first-order valence-electron chi connectivity index (χ1n) is 4.86. The minimum absolute atomic E-state index is 0.0418. The molecule has 0 saturated heterocycles. The van der Waals surface area contributed by atoms with Gasteiger partial charge >= 0.3 is 0 Å². The fourth-order valence-electron chi connectivity index (χ4n) is 2.38. The number of carbonyl (C=O) groups excluding carboxylic acids is 1. The zero-order chi connectivity index (χ0) is 10.3. The SMILES string of the molecule is CN1c2ccccc2C(C)(C)C1C=O. The Kier molecular flexibility index (Phi) is 1.88. The summed E-state index contributed by atoms with van der Waals surface area (Å²) in [6.45, 7) is 4.24. The van der Waals surface area contributed by atoms with E-state index in [0.717, 1.165) is 6.29 Å². The van der Waals surface area contributed by atoms with Crippen molar-refractivity contribution in [3.8, 4) is 0 Å². The highest BCUT2D eigenvalue weighted by Crippen LogP contribution is 2.43. The van der Waals surface area contributed by atoms with Crippen LogP contribution >= 0.6 is 0 Å². The van der Waals surface area contributed by atoms with Crippen LogP contribution in [0.3, 0.4) is 0 Å². The molecule has 0 saturated carbocycles. The van der Waals surface area contributed by atoms with E-state index in [0.29, 0.717) is 0 Å². The molecule has 0 radical (unpaired) electrons. The van der Waals surface area contributed by atoms with Crippen LogP contribution in [0.4, 0.5) is 5.69 Å². The topological polar surface area (TPSA) is 20.3 Å². The zero-order valence-corrected chi connectivity index (χ0v) is 8.82. The van der Waals surface area contributed by atoms with E-state index in [4.69, 9.17) is 0 Å². The summed E-state index contributed by atoms with van der Waals surface area (Å²) in [6, 6.07) is 8.18. The van der Waals surface area contributed by atoms with Crippen molar-refractivity contribution in [3.05, 3.63) is 29.8 Å². The van der Waals surface area contributed by atoms with Crippen LogP contribution in [-0.2, 0) is 10.2 Å². The maximum Gasteiger partial charge on any atom is 0.143 e. The molecule has 14 heavy (non-hydrogen) atoms. The lowest BCUT2D eigenvalue weighted by atomic mass is 9.81. The minimum Gasteiger partial charge on any atom is -0.364 e. The van der Waals surface area contributed by atoms with Crippen molar-refractivity contribution in [2.45, 2.75) is 25.3 Å². The summed E-state index contributed by atoms with van der Waals surface area (Å²) in [6.07, 6.45) is 1.04. The Hall–Kier alpha value is -1.31. The van der Waals surface area contributed by atoms with Gasteiger partial charge in [0.1, 0.15) is 6.29 Å². The molecule has 0 fully saturated rings. The van der Waals surface area contributed by atoms with Gasteiger partial charge in [0.05, 0.1) is 6.04 Å². The van der Waals surface area contributed by atoms with Crippen molar-refractivity contribution >= 4 is 12.0 Å². The van der Waals surface area contributed by atoms with E-state index in [1.807, 2.05) is 19.2 Å². The second kappa shape index (κ2) is 2.84. The van der Waals surface area contributed by atoms with Crippen molar-refractivity contribution in [1.82, 2.24) is 0 Å². The smallest absolute Gasteiger partial charge is 0.143 e. The highest BCUT2D eigenvalue weighted by molar-refractivity contribution is 5.77. The maximum atomic E-state index is 11.1. The van der Waals surface area contributed by atoms with Crippen molar-refractivity contribution in [2.75, 3.05) is 11.9 Å². The molecular formula is C12H15NO. The molecule has 74 valence electrons. The quantitative estimate of drug-likeness (QED) is 0.630. The highest BCUT2D eigenvalue weighted by Gasteiger charge is 2.42. The number of nitrogens with zero attached hydrogens (tertiary/aromatic N) is 1. The predicted molar refractivity (Wildman–Crippen MR) is 57.7 cm³/mol. The van der Waals surface area contributed by atoms with Gasteiger partial charge in [0.15, 0.2) is 0 Å². The van der Waals surface area contributed by atoms with E-state index < -0.39 is 0 Å². The lowest BCUT2D eigenvalue weighted by Crippen LogP contribution is -2.40. The van der Waals surface area contributed by atoms with Crippen LogP contribution in [0.1, 0.15) is 19.4 Å². The summed E-state index contributed by atoms with van der Waals surface area (Å²) in [5.74, 6) is 0. The number of para-hydroxylation sites is 1. The molecule has 1 heterocycles. The third-order valence-corrected chi connectivity index (χ3v) is 3.26. The molecule has 1 aromatic rings. The van der Waals surface area contributed by atoms with Crippen molar-refractivity contribution in [3.63, 3.8) is 0 Å². The van der Waals surface area contributed by atoms with Crippen LogP contribution < -0.4 is 4.90 Å². The molecule has 1 aromatic carbocycles. The molecule has 1 atom stereocenters. The molecule has 2 rings (SSSR count). The molecule has 1 aliphatic heterocycles. The molecule has 2 nitrogen and oxygen atoms in total. The molecule has 0 bridgehead atoms. The van der Waals surface area contributed by atoms with E-state index in [1.165, 1.54) is 11.3 Å². The van der Waals surface area contributed by atoms with Crippen molar-refractivity contribution in [2.24, 2.45) is 0 Å². The molecule has 0 aromatic heterocycles. The van der Waals surface area contributed by atoms with Gasteiger partial charge in [0, 0.05) is 18.2 Å². The Morgan fingerprint density at radius 3 is 2.57 bits per heavy atom. The molecule has 2 heteroatoms. The lowest BCUT2D eigenvalue weighted by Gasteiger charge is -2.27. The summed E-state index contributed by atoms with van der Waals surface area (Å²) in [7, 11) is 1.98. The van der Waals surface area contributed by atoms with E-state index in [9.17, 15) is 4.79 Å². The van der Waals surface area contributed by atoms with Gasteiger partial charge in [-0.15, -0.1) is 0 Å². The first-order chi connectivity index (χ1) is 6.59. The normalized spacial score (nSPS) is 23.4. The number of rotatable bonds is 1. The van der Waals surface area contributed by atoms with Crippen molar-refractivity contribution in [1.29, 1.82) is 0 Å². The zero-order valence-electron chi connectivity index (χ0n) is 8.82. The minimum atomic E-state index is -0.0763. The van der Waals surface area contributed by atoms with E-state index in [-0.39, 0.29) is 11.5 Å². The molecule has 0 amide bonds. The van der Waals surface area contributed by atoms with E-state index in [2.05, 4.69) is 30.9 Å². The van der Waals surface area contributed by atoms with Gasteiger partial charge in [0.2, 0.25) is 0 Å². The van der Waals surface area contributed by atoms with Crippen LogP contribution in [0.25, 0.3) is 0 Å². The van der Waals surface area contributed by atoms with Crippen LogP contribution in [0.2, 0.25) is 0 Å². The van der Waals surface area contributed by atoms with Gasteiger partial charge < -0.3 is 9.69 Å². The average molecular weight is 189 g/mol. The molecular weight excluding hydrogens is 174 g/mol. The van der Waals surface area contributed by atoms with E-state index >= 15 is 0 Å². The number of fused-ring (bicyclic) bond motifs is 1. The Morgan fingerprint density at radius 1 is 1.36 bits per heavy atom. The molecule has 0 aliphatic carbocycles. The average Bonchev–Trinajstić information content (AvgIpc) is 2.36. The number of likely N-dealkylation sites (N-methyl/N-ethyl adjacent to an activating group) is 1. The van der Waals surface area contributed by atoms with Gasteiger partial charge in [-0.2, -0.15) is 0 Å². The summed E-state index contributed by atoms with van der Waals surface area (Å²) >= 11 is 0. The Balaban J connectivity index is 2.60. The summed E-state index contributed by atoms with van der Waals surface area (Å²) in [5, 5.41) is 0. The lowest BCUT2D eigenvalue weighted by molar-refractivity contribution is -0.109. The van der Waals surface area contributed by atoms with Crippen LogP contribution in [0.15, 0.2) is 24.3 Å².